The number of aromatic nitrogens is 1. The largest absolute Gasteiger partial charge is 0.343 e. The molecule has 4 nitrogen and oxygen atoms in total. The number of hydrogen-bond acceptors (Lipinski definition) is 2. The Morgan fingerprint density at radius 3 is 2.02 bits per heavy atom. The van der Waals surface area contributed by atoms with Crippen LogP contribution in [0, 0.1) is 11.7 Å². The first-order valence-corrected chi connectivity index (χ1v) is 15.3. The lowest BCUT2D eigenvalue weighted by molar-refractivity contribution is -0.122. The Bertz CT molecular complexity index is 1460. The van der Waals surface area contributed by atoms with Crippen LogP contribution in [0.1, 0.15) is 88.2 Å². The molecule has 0 aliphatic carbocycles. The van der Waals surface area contributed by atoms with Gasteiger partial charge in [-0.25, -0.2) is 4.39 Å². The van der Waals surface area contributed by atoms with Crippen LogP contribution in [0.15, 0.2) is 84.9 Å². The Hall–Kier alpha value is -3.99. The van der Waals surface area contributed by atoms with Crippen molar-refractivity contribution >= 4 is 17.4 Å². The first kappa shape index (κ1) is 31.0. The molecule has 1 heterocycles. The number of nitrogens with zero attached hydrogens (tertiary/aromatic N) is 1. The lowest BCUT2D eigenvalue weighted by atomic mass is 9.94. The van der Waals surface area contributed by atoms with E-state index in [4.69, 9.17) is 0 Å². The molecule has 4 rings (SSSR count). The summed E-state index contributed by atoms with van der Waals surface area (Å²) in [6, 6.07) is 26.1. The molecule has 1 amide bonds. The fourth-order valence-corrected chi connectivity index (χ4v) is 5.60. The van der Waals surface area contributed by atoms with Gasteiger partial charge in [0.25, 0.3) is 5.91 Å². The quantitative estimate of drug-likeness (QED) is 0.154. The van der Waals surface area contributed by atoms with Crippen LogP contribution in [0.5, 0.6) is 0 Å². The van der Waals surface area contributed by atoms with E-state index in [0.717, 1.165) is 72.4 Å². The molecule has 0 spiro atoms. The van der Waals surface area contributed by atoms with Gasteiger partial charge < -0.3 is 9.88 Å². The summed E-state index contributed by atoms with van der Waals surface area (Å²) >= 11 is 0. The number of amides is 1. The van der Waals surface area contributed by atoms with Gasteiger partial charge in [-0.2, -0.15) is 0 Å². The summed E-state index contributed by atoms with van der Waals surface area (Å²) in [4.78, 5) is 26.4. The molecule has 4 aromatic rings. The summed E-state index contributed by atoms with van der Waals surface area (Å²) in [6.45, 7) is 9.03. The van der Waals surface area contributed by atoms with Crippen LogP contribution < -0.4 is 5.32 Å². The Labute approximate surface area is 250 Å². The van der Waals surface area contributed by atoms with E-state index >= 15 is 0 Å². The standard InChI is InChI=1S/C37H43FN2O2/c1-5-27(4)32(41)20-14-6-7-15-25-40-35(26(2)3)34(37(42)39-31-18-12-9-13-19-31)33(28-16-10-8-11-17-28)36(40)29-21-23-30(38)24-22-29/h8-13,16-19,21-24,26-27H,5-7,14-15,20,25H2,1-4H3,(H,39,42). The molecule has 1 atom stereocenters. The summed E-state index contributed by atoms with van der Waals surface area (Å²) in [5.74, 6) is 0.0933. The minimum atomic E-state index is -0.295. The topological polar surface area (TPSA) is 51.1 Å². The molecule has 0 aliphatic heterocycles. The van der Waals surface area contributed by atoms with Crippen LogP contribution in [0.3, 0.4) is 0 Å². The van der Waals surface area contributed by atoms with Gasteiger partial charge in [0.05, 0.1) is 11.3 Å². The second kappa shape index (κ2) is 14.8. The molecule has 0 saturated heterocycles. The number of halogens is 1. The molecule has 0 fully saturated rings. The minimum Gasteiger partial charge on any atom is -0.343 e. The summed E-state index contributed by atoms with van der Waals surface area (Å²) in [5, 5.41) is 3.13. The molecule has 0 saturated carbocycles. The predicted octanol–water partition coefficient (Wildman–Crippen LogP) is 9.90. The number of ketones is 1. The van der Waals surface area contributed by atoms with E-state index in [0.29, 0.717) is 17.8 Å². The third-order valence-electron chi connectivity index (χ3n) is 8.01. The van der Waals surface area contributed by atoms with E-state index in [1.54, 1.807) is 12.1 Å². The minimum absolute atomic E-state index is 0.0614. The highest BCUT2D eigenvalue weighted by Gasteiger charge is 2.30. The Morgan fingerprint density at radius 2 is 1.40 bits per heavy atom. The molecule has 3 aromatic carbocycles. The molecular weight excluding hydrogens is 523 g/mol. The summed E-state index contributed by atoms with van der Waals surface area (Å²) in [5.41, 5.74) is 5.95. The number of carbonyl (C=O) groups is 2. The van der Waals surface area contributed by atoms with Crippen molar-refractivity contribution < 1.29 is 14.0 Å². The number of benzene rings is 3. The van der Waals surface area contributed by atoms with Crippen LogP contribution in [0.25, 0.3) is 22.4 Å². The van der Waals surface area contributed by atoms with Gasteiger partial charge in [-0.3, -0.25) is 9.59 Å². The fraction of sp³-hybridized carbons (Fsp3) is 0.351. The molecule has 5 heteroatoms. The first-order chi connectivity index (χ1) is 20.3. The first-order valence-electron chi connectivity index (χ1n) is 15.3. The van der Waals surface area contributed by atoms with Gasteiger partial charge in [-0.05, 0) is 72.7 Å². The fourth-order valence-electron chi connectivity index (χ4n) is 5.60. The number of nitrogens with one attached hydrogen (secondary N) is 1. The van der Waals surface area contributed by atoms with Crippen molar-refractivity contribution in [1.82, 2.24) is 4.57 Å². The number of anilines is 1. The van der Waals surface area contributed by atoms with Crippen molar-refractivity contribution in [3.05, 3.63) is 102 Å². The molecule has 1 aromatic heterocycles. The van der Waals surface area contributed by atoms with E-state index in [9.17, 15) is 14.0 Å². The second-order valence-corrected chi connectivity index (χ2v) is 11.4. The van der Waals surface area contributed by atoms with Crippen LogP contribution in [-0.4, -0.2) is 16.3 Å². The SMILES string of the molecule is CCC(C)C(=O)CCCCCCn1c(-c2ccc(F)cc2)c(-c2ccccc2)c(C(=O)Nc2ccccc2)c1C(C)C. The zero-order chi connectivity index (χ0) is 30.1. The maximum atomic E-state index is 14.1. The van der Waals surface area contributed by atoms with Gasteiger partial charge in [0, 0.05) is 35.8 Å². The normalized spacial score (nSPS) is 12.0. The molecule has 1 unspecified atom stereocenters. The van der Waals surface area contributed by atoms with E-state index in [1.165, 1.54) is 12.1 Å². The van der Waals surface area contributed by atoms with Crippen molar-refractivity contribution in [1.29, 1.82) is 0 Å². The molecule has 1 N–H and O–H groups in total. The number of hydrogen-bond donors (Lipinski definition) is 1. The Kier molecular flexibility index (Phi) is 10.9. The van der Waals surface area contributed by atoms with E-state index in [2.05, 4.69) is 30.7 Å². The zero-order valence-corrected chi connectivity index (χ0v) is 25.3. The lowest BCUT2D eigenvalue weighted by Gasteiger charge is -2.17. The highest BCUT2D eigenvalue weighted by Crippen LogP contribution is 2.42. The monoisotopic (exact) mass is 566 g/mol. The Balaban J connectivity index is 1.76. The number of unbranched alkanes of at least 4 members (excludes halogenated alkanes) is 3. The second-order valence-electron chi connectivity index (χ2n) is 11.4. The molecule has 42 heavy (non-hydrogen) atoms. The molecule has 0 aliphatic rings. The molecule has 0 bridgehead atoms. The van der Waals surface area contributed by atoms with E-state index in [-0.39, 0.29) is 23.6 Å². The number of rotatable bonds is 14. The third-order valence-corrected chi connectivity index (χ3v) is 8.01. The molecule has 0 radical (unpaired) electrons. The van der Waals surface area contributed by atoms with Crippen molar-refractivity contribution in [3.63, 3.8) is 0 Å². The highest BCUT2D eigenvalue weighted by atomic mass is 19.1. The van der Waals surface area contributed by atoms with Crippen molar-refractivity contribution in [2.24, 2.45) is 5.92 Å². The molecular formula is C37H43FN2O2. The number of Topliss-reactive ketones (excluding diaryl/α,β-unsaturated/α-hetero) is 1. The van der Waals surface area contributed by atoms with Crippen molar-refractivity contribution in [2.75, 3.05) is 5.32 Å². The zero-order valence-electron chi connectivity index (χ0n) is 25.3. The highest BCUT2D eigenvalue weighted by molar-refractivity contribution is 6.12. The van der Waals surface area contributed by atoms with Crippen LogP contribution in [-0.2, 0) is 11.3 Å². The van der Waals surface area contributed by atoms with E-state index < -0.39 is 0 Å². The van der Waals surface area contributed by atoms with Gasteiger partial charge in [0.2, 0.25) is 0 Å². The van der Waals surface area contributed by atoms with Crippen LogP contribution in [0.2, 0.25) is 0 Å². The Morgan fingerprint density at radius 1 is 0.786 bits per heavy atom. The third kappa shape index (κ3) is 7.44. The van der Waals surface area contributed by atoms with E-state index in [1.807, 2.05) is 67.6 Å². The molecule has 220 valence electrons. The van der Waals surface area contributed by atoms with Crippen LogP contribution in [0.4, 0.5) is 10.1 Å². The smallest absolute Gasteiger partial charge is 0.258 e. The average molecular weight is 567 g/mol. The lowest BCUT2D eigenvalue weighted by Crippen LogP contribution is -2.16. The van der Waals surface area contributed by atoms with Gasteiger partial charge >= 0.3 is 0 Å². The van der Waals surface area contributed by atoms with Gasteiger partial charge in [0.1, 0.15) is 11.6 Å². The van der Waals surface area contributed by atoms with Gasteiger partial charge in [-0.15, -0.1) is 0 Å². The summed E-state index contributed by atoms with van der Waals surface area (Å²) in [7, 11) is 0. The average Bonchev–Trinajstić information content (AvgIpc) is 3.35. The maximum Gasteiger partial charge on any atom is 0.258 e. The van der Waals surface area contributed by atoms with Crippen molar-refractivity contribution in [2.45, 2.75) is 78.7 Å². The maximum absolute atomic E-state index is 14.1. The predicted molar refractivity (Wildman–Crippen MR) is 171 cm³/mol. The van der Waals surface area contributed by atoms with Crippen LogP contribution >= 0.6 is 0 Å². The number of carbonyl (C=O) groups excluding carboxylic acids is 2. The summed E-state index contributed by atoms with van der Waals surface area (Å²) < 4.78 is 16.3. The summed E-state index contributed by atoms with van der Waals surface area (Å²) in [6.07, 6.45) is 5.31. The van der Waals surface area contributed by atoms with Gasteiger partial charge in [-0.1, -0.05) is 89.1 Å². The van der Waals surface area contributed by atoms with Gasteiger partial charge in [0.15, 0.2) is 0 Å². The van der Waals surface area contributed by atoms with Crippen molar-refractivity contribution in [3.8, 4) is 22.4 Å². The number of para-hydroxylation sites is 1.